The summed E-state index contributed by atoms with van der Waals surface area (Å²) in [5.74, 6) is 1.04. The second-order valence-electron chi connectivity index (χ2n) is 4.79. The van der Waals surface area contributed by atoms with E-state index in [-0.39, 0.29) is 11.3 Å². The van der Waals surface area contributed by atoms with E-state index in [9.17, 15) is 4.79 Å². The quantitative estimate of drug-likeness (QED) is 0.643. The molecule has 2 atom stereocenters. The van der Waals surface area contributed by atoms with Crippen LogP contribution in [0, 0.1) is 11.8 Å². The Labute approximate surface area is 91.2 Å². The van der Waals surface area contributed by atoms with Gasteiger partial charge in [-0.05, 0) is 25.7 Å². The van der Waals surface area contributed by atoms with E-state index in [1.807, 2.05) is 0 Å². The molecular weight excluding hydrogens is 196 g/mol. The van der Waals surface area contributed by atoms with Crippen molar-refractivity contribution < 1.29 is 4.79 Å². The largest absolute Gasteiger partial charge is 0.299 e. The van der Waals surface area contributed by atoms with Crippen LogP contribution in [0.1, 0.15) is 51.4 Å². The van der Waals surface area contributed by atoms with Crippen LogP contribution < -0.4 is 0 Å². The Hall–Kier alpha value is -0.0400. The first kappa shape index (κ1) is 10.5. The summed E-state index contributed by atoms with van der Waals surface area (Å²) in [6.07, 6.45) is 9.24. The minimum absolute atomic E-state index is 0.136. The normalized spacial score (nSPS) is 34.6. The van der Waals surface area contributed by atoms with Crippen LogP contribution in [-0.4, -0.2) is 11.2 Å². The smallest absolute Gasteiger partial charge is 0.140 e. The molecule has 0 aliphatic heterocycles. The number of halogens is 1. The van der Waals surface area contributed by atoms with Crippen molar-refractivity contribution in [1.82, 2.24) is 0 Å². The lowest BCUT2D eigenvalue weighted by Crippen LogP contribution is -2.31. The Morgan fingerprint density at radius 1 is 0.929 bits per heavy atom. The van der Waals surface area contributed by atoms with E-state index in [0.717, 1.165) is 25.7 Å². The second kappa shape index (κ2) is 4.65. The zero-order chi connectivity index (χ0) is 9.97. The van der Waals surface area contributed by atoms with Gasteiger partial charge < -0.3 is 0 Å². The Balaban J connectivity index is 1.94. The Morgan fingerprint density at radius 3 is 2.14 bits per heavy atom. The average Bonchev–Trinajstić information content (AvgIpc) is 2.70. The minimum Gasteiger partial charge on any atom is -0.299 e. The molecule has 0 aromatic carbocycles. The van der Waals surface area contributed by atoms with E-state index in [1.165, 1.54) is 25.7 Å². The van der Waals surface area contributed by atoms with Crippen LogP contribution in [0.5, 0.6) is 0 Å². The molecule has 2 aliphatic carbocycles. The van der Waals surface area contributed by atoms with Crippen LogP contribution in [0.2, 0.25) is 0 Å². The zero-order valence-electron chi connectivity index (χ0n) is 8.68. The van der Waals surface area contributed by atoms with Gasteiger partial charge in [0.05, 0.1) is 0 Å². The molecule has 2 aliphatic rings. The molecule has 2 fully saturated rings. The molecule has 2 heteroatoms. The molecule has 2 rings (SSSR count). The fraction of sp³-hybridized carbons (Fsp3) is 0.917. The molecule has 0 radical (unpaired) electrons. The van der Waals surface area contributed by atoms with Crippen LogP contribution in [-0.2, 0) is 4.79 Å². The predicted octanol–water partition coefficient (Wildman–Crippen LogP) is 3.54. The highest BCUT2D eigenvalue weighted by Crippen LogP contribution is 2.35. The van der Waals surface area contributed by atoms with Gasteiger partial charge in [0.15, 0.2) is 0 Å². The lowest BCUT2D eigenvalue weighted by Gasteiger charge is -2.27. The molecule has 80 valence electrons. The fourth-order valence-corrected chi connectivity index (χ4v) is 3.32. The minimum atomic E-state index is 0.136. The number of Topliss-reactive ketones (excluding diaryl/α,β-unsaturated/α-hetero) is 1. The molecule has 14 heavy (non-hydrogen) atoms. The molecule has 0 heterocycles. The van der Waals surface area contributed by atoms with Gasteiger partial charge in [0.2, 0.25) is 0 Å². The SMILES string of the molecule is O=C(C1CCCC1)C1CCCCC1Cl. The Bertz CT molecular complexity index is 208. The lowest BCUT2D eigenvalue weighted by atomic mass is 9.81. The Kier molecular flexibility index (Phi) is 3.48. The summed E-state index contributed by atoms with van der Waals surface area (Å²) < 4.78 is 0. The summed E-state index contributed by atoms with van der Waals surface area (Å²) in [5, 5.41) is 0.136. The van der Waals surface area contributed by atoms with Gasteiger partial charge in [0.1, 0.15) is 5.78 Å². The van der Waals surface area contributed by atoms with E-state index in [0.29, 0.717) is 11.7 Å². The lowest BCUT2D eigenvalue weighted by molar-refractivity contribution is -0.127. The summed E-state index contributed by atoms with van der Waals surface area (Å²) in [7, 11) is 0. The second-order valence-corrected chi connectivity index (χ2v) is 5.35. The van der Waals surface area contributed by atoms with Gasteiger partial charge in [0.25, 0.3) is 0 Å². The van der Waals surface area contributed by atoms with E-state index in [2.05, 4.69) is 0 Å². The maximum Gasteiger partial charge on any atom is 0.140 e. The van der Waals surface area contributed by atoms with Crippen molar-refractivity contribution in [2.75, 3.05) is 0 Å². The number of hydrogen-bond acceptors (Lipinski definition) is 1. The molecule has 0 aromatic rings. The van der Waals surface area contributed by atoms with Gasteiger partial charge in [0, 0.05) is 17.2 Å². The van der Waals surface area contributed by atoms with Gasteiger partial charge >= 0.3 is 0 Å². The molecule has 0 bridgehead atoms. The average molecular weight is 215 g/mol. The van der Waals surface area contributed by atoms with Crippen LogP contribution in [0.3, 0.4) is 0 Å². The molecule has 0 spiro atoms. The summed E-state index contributed by atoms with van der Waals surface area (Å²) in [4.78, 5) is 12.1. The van der Waals surface area contributed by atoms with Gasteiger partial charge in [-0.1, -0.05) is 25.7 Å². The summed E-state index contributed by atoms with van der Waals surface area (Å²) in [6.45, 7) is 0. The summed E-state index contributed by atoms with van der Waals surface area (Å²) in [5.41, 5.74) is 0. The maximum absolute atomic E-state index is 12.1. The summed E-state index contributed by atoms with van der Waals surface area (Å²) in [6, 6.07) is 0. The zero-order valence-corrected chi connectivity index (χ0v) is 9.43. The standard InChI is InChI=1S/C12H19ClO/c13-11-8-4-3-7-10(11)12(14)9-5-1-2-6-9/h9-11H,1-8H2. The molecule has 0 saturated heterocycles. The number of ketones is 1. The highest BCUT2D eigenvalue weighted by atomic mass is 35.5. The fourth-order valence-electron chi connectivity index (χ4n) is 2.92. The number of alkyl halides is 1. The van der Waals surface area contributed by atoms with Crippen molar-refractivity contribution in [3.05, 3.63) is 0 Å². The maximum atomic E-state index is 12.1. The number of rotatable bonds is 2. The molecule has 2 unspecified atom stereocenters. The Morgan fingerprint density at radius 2 is 1.50 bits per heavy atom. The topological polar surface area (TPSA) is 17.1 Å². The third kappa shape index (κ3) is 2.13. The van der Waals surface area contributed by atoms with Gasteiger partial charge in [-0.15, -0.1) is 11.6 Å². The van der Waals surface area contributed by atoms with Gasteiger partial charge in [-0.3, -0.25) is 4.79 Å². The first-order valence-electron chi connectivity index (χ1n) is 5.97. The van der Waals surface area contributed by atoms with Crippen LogP contribution in [0.25, 0.3) is 0 Å². The third-order valence-corrected chi connectivity index (χ3v) is 4.33. The van der Waals surface area contributed by atoms with Crippen molar-refractivity contribution in [3.63, 3.8) is 0 Å². The van der Waals surface area contributed by atoms with E-state index in [1.54, 1.807) is 0 Å². The van der Waals surface area contributed by atoms with Crippen molar-refractivity contribution >= 4 is 17.4 Å². The highest BCUT2D eigenvalue weighted by molar-refractivity contribution is 6.22. The molecule has 1 nitrogen and oxygen atoms in total. The van der Waals surface area contributed by atoms with E-state index < -0.39 is 0 Å². The van der Waals surface area contributed by atoms with Crippen LogP contribution in [0.4, 0.5) is 0 Å². The highest BCUT2D eigenvalue weighted by Gasteiger charge is 2.34. The van der Waals surface area contributed by atoms with Crippen LogP contribution >= 0.6 is 11.6 Å². The molecule has 0 aromatic heterocycles. The van der Waals surface area contributed by atoms with Gasteiger partial charge in [-0.25, -0.2) is 0 Å². The number of carbonyl (C=O) groups is 1. The van der Waals surface area contributed by atoms with Crippen molar-refractivity contribution in [3.8, 4) is 0 Å². The summed E-state index contributed by atoms with van der Waals surface area (Å²) >= 11 is 6.24. The van der Waals surface area contributed by atoms with Crippen molar-refractivity contribution in [2.24, 2.45) is 11.8 Å². The molecular formula is C12H19ClO. The van der Waals surface area contributed by atoms with Crippen molar-refractivity contribution in [1.29, 1.82) is 0 Å². The first-order chi connectivity index (χ1) is 6.79. The van der Waals surface area contributed by atoms with E-state index >= 15 is 0 Å². The molecule has 0 amide bonds. The van der Waals surface area contributed by atoms with Crippen LogP contribution in [0.15, 0.2) is 0 Å². The molecule has 2 saturated carbocycles. The number of hydrogen-bond donors (Lipinski definition) is 0. The predicted molar refractivity (Wildman–Crippen MR) is 58.6 cm³/mol. The van der Waals surface area contributed by atoms with Gasteiger partial charge in [-0.2, -0.15) is 0 Å². The van der Waals surface area contributed by atoms with Crippen molar-refractivity contribution in [2.45, 2.75) is 56.7 Å². The third-order valence-electron chi connectivity index (χ3n) is 3.80. The molecule has 0 N–H and O–H groups in total. The number of carbonyl (C=O) groups excluding carboxylic acids is 1. The first-order valence-corrected chi connectivity index (χ1v) is 6.40. The van der Waals surface area contributed by atoms with E-state index in [4.69, 9.17) is 11.6 Å². The monoisotopic (exact) mass is 214 g/mol.